The largest absolute Gasteiger partial charge is 0.261 e. The zero-order valence-corrected chi connectivity index (χ0v) is 7.51. The fourth-order valence-electron chi connectivity index (χ4n) is 1.62. The first-order valence-corrected chi connectivity index (χ1v) is 4.51. The summed E-state index contributed by atoms with van der Waals surface area (Å²) in [6.45, 7) is 0. The molecule has 4 bridgehead atoms. The zero-order valence-electron chi connectivity index (χ0n) is 7.51. The molecule has 14 heavy (non-hydrogen) atoms. The molecule has 0 radical (unpaired) electrons. The zero-order chi connectivity index (χ0) is 9.38. The van der Waals surface area contributed by atoms with Gasteiger partial charge in [-0.1, -0.05) is 0 Å². The van der Waals surface area contributed by atoms with Gasteiger partial charge in [-0.2, -0.15) is 0 Å². The quantitative estimate of drug-likeness (QED) is 0.517. The van der Waals surface area contributed by atoms with E-state index < -0.39 is 0 Å². The third-order valence-corrected chi connectivity index (χ3v) is 2.25. The van der Waals surface area contributed by atoms with Crippen LogP contribution in [0, 0.1) is 0 Å². The molecule has 0 N–H and O–H groups in total. The molecule has 0 aromatic carbocycles. The van der Waals surface area contributed by atoms with E-state index in [0.717, 1.165) is 23.8 Å². The van der Waals surface area contributed by atoms with Crippen LogP contribution in [0.25, 0.3) is 0 Å². The highest BCUT2D eigenvalue weighted by Crippen LogP contribution is 2.12. The van der Waals surface area contributed by atoms with Crippen molar-refractivity contribution in [2.24, 2.45) is 0 Å². The van der Waals surface area contributed by atoms with Gasteiger partial charge in [-0.05, 0) is 17.7 Å². The van der Waals surface area contributed by atoms with E-state index in [-0.39, 0.29) is 0 Å². The number of nitrogens with zero attached hydrogens (tertiary/aromatic N) is 4. The van der Waals surface area contributed by atoms with Crippen molar-refractivity contribution in [1.82, 2.24) is 19.9 Å². The first kappa shape index (κ1) is 7.55. The second kappa shape index (κ2) is 2.83. The van der Waals surface area contributed by atoms with Crippen LogP contribution in [-0.4, -0.2) is 19.9 Å². The highest BCUT2D eigenvalue weighted by molar-refractivity contribution is 5.23. The predicted octanol–water partition coefficient (Wildman–Crippen LogP) is 0.762. The van der Waals surface area contributed by atoms with Crippen LogP contribution in [-0.2, 0) is 12.8 Å². The lowest BCUT2D eigenvalue weighted by Crippen LogP contribution is -2.08. The van der Waals surface area contributed by atoms with Crippen LogP contribution in [0.5, 0.6) is 0 Å². The van der Waals surface area contributed by atoms with Crippen molar-refractivity contribution < 1.29 is 0 Å². The van der Waals surface area contributed by atoms with E-state index in [4.69, 9.17) is 0 Å². The standard InChI is InChI=1S/C10H8N4/c1-2-11-8-3-7(1)4-9-12-6-13-10(5-8)14-9/h1-3,6H,4-5H2. The molecule has 0 saturated heterocycles. The average Bonchev–Trinajstić information content (AvgIpc) is 2.17. The first-order valence-electron chi connectivity index (χ1n) is 4.51. The molecular formula is C10H8N4. The summed E-state index contributed by atoms with van der Waals surface area (Å²) in [4.78, 5) is 16.8. The van der Waals surface area contributed by atoms with Gasteiger partial charge in [-0.25, -0.2) is 15.0 Å². The predicted molar refractivity (Wildman–Crippen MR) is 49.7 cm³/mol. The molecule has 68 valence electrons. The van der Waals surface area contributed by atoms with Gasteiger partial charge in [-0.3, -0.25) is 4.98 Å². The Morgan fingerprint density at radius 3 is 2.79 bits per heavy atom. The fourth-order valence-corrected chi connectivity index (χ4v) is 1.62. The monoisotopic (exact) mass is 184 g/mol. The highest BCUT2D eigenvalue weighted by atomic mass is 15.0. The maximum atomic E-state index is 4.34. The van der Waals surface area contributed by atoms with E-state index in [0.29, 0.717) is 6.42 Å². The van der Waals surface area contributed by atoms with Crippen LogP contribution in [0.1, 0.15) is 22.9 Å². The second-order valence-corrected chi connectivity index (χ2v) is 3.33. The first-order chi connectivity index (χ1) is 6.90. The van der Waals surface area contributed by atoms with Gasteiger partial charge in [0, 0.05) is 18.3 Å². The molecule has 2 aromatic heterocycles. The van der Waals surface area contributed by atoms with Crippen LogP contribution in [0.2, 0.25) is 0 Å². The van der Waals surface area contributed by atoms with Crippen molar-refractivity contribution in [3.63, 3.8) is 0 Å². The number of rotatable bonds is 0. The third-order valence-electron chi connectivity index (χ3n) is 2.25. The minimum absolute atomic E-state index is 0.698. The molecule has 0 atom stereocenters. The number of hydrogen-bond donors (Lipinski definition) is 0. The van der Waals surface area contributed by atoms with Gasteiger partial charge < -0.3 is 0 Å². The molecule has 0 aliphatic carbocycles. The Kier molecular flexibility index (Phi) is 1.53. The maximum Gasteiger partial charge on any atom is 0.138 e. The summed E-state index contributed by atoms with van der Waals surface area (Å²) in [6, 6.07) is 4.09. The fraction of sp³-hybridized carbons (Fsp3) is 0.200. The Morgan fingerprint density at radius 1 is 1.00 bits per heavy atom. The van der Waals surface area contributed by atoms with Crippen LogP contribution in [0.3, 0.4) is 0 Å². The van der Waals surface area contributed by atoms with Crippen molar-refractivity contribution in [2.45, 2.75) is 12.8 Å². The normalized spacial score (nSPS) is 13.1. The highest BCUT2D eigenvalue weighted by Gasteiger charge is 2.09. The van der Waals surface area contributed by atoms with Gasteiger partial charge in [0.05, 0.1) is 6.42 Å². The van der Waals surface area contributed by atoms with Gasteiger partial charge in [0.15, 0.2) is 0 Å². The minimum atomic E-state index is 0.698. The Morgan fingerprint density at radius 2 is 1.86 bits per heavy atom. The number of fused-ring (bicyclic) bond motifs is 4. The van der Waals surface area contributed by atoms with Crippen LogP contribution >= 0.6 is 0 Å². The molecule has 0 amide bonds. The number of pyridine rings is 1. The lowest BCUT2D eigenvalue weighted by atomic mass is 10.1. The Hall–Kier alpha value is -1.84. The topological polar surface area (TPSA) is 51.6 Å². The van der Waals surface area contributed by atoms with Crippen LogP contribution in [0.15, 0.2) is 24.7 Å². The SMILES string of the molecule is c1cc2cc(n1)Cc1ncnc(n1)C2. The van der Waals surface area contributed by atoms with E-state index in [1.54, 1.807) is 6.33 Å². The summed E-state index contributed by atoms with van der Waals surface area (Å²) in [5, 5.41) is 0. The summed E-state index contributed by atoms with van der Waals surface area (Å²) in [7, 11) is 0. The molecule has 3 rings (SSSR count). The Balaban J connectivity index is 2.17. The molecule has 1 aliphatic rings. The van der Waals surface area contributed by atoms with E-state index in [2.05, 4.69) is 26.0 Å². The van der Waals surface area contributed by atoms with Gasteiger partial charge in [0.25, 0.3) is 0 Å². The average molecular weight is 184 g/mol. The molecule has 0 spiro atoms. The molecule has 0 saturated carbocycles. The maximum absolute atomic E-state index is 4.34. The molecule has 4 nitrogen and oxygen atoms in total. The van der Waals surface area contributed by atoms with Crippen molar-refractivity contribution in [3.05, 3.63) is 47.6 Å². The van der Waals surface area contributed by atoms with E-state index >= 15 is 0 Å². The van der Waals surface area contributed by atoms with Gasteiger partial charge >= 0.3 is 0 Å². The van der Waals surface area contributed by atoms with E-state index in [9.17, 15) is 0 Å². The van der Waals surface area contributed by atoms with Crippen molar-refractivity contribution >= 4 is 0 Å². The van der Waals surface area contributed by atoms with E-state index in [1.165, 1.54) is 5.56 Å². The molecule has 1 aliphatic heterocycles. The number of aromatic nitrogens is 4. The van der Waals surface area contributed by atoms with Gasteiger partial charge in [0.1, 0.15) is 18.0 Å². The lowest BCUT2D eigenvalue weighted by Gasteiger charge is -2.08. The number of hydrogen-bond acceptors (Lipinski definition) is 4. The summed E-state index contributed by atoms with van der Waals surface area (Å²) in [5.41, 5.74) is 2.24. The van der Waals surface area contributed by atoms with Crippen LogP contribution in [0.4, 0.5) is 0 Å². The molecule has 0 unspecified atom stereocenters. The van der Waals surface area contributed by atoms with E-state index in [1.807, 2.05) is 12.3 Å². The summed E-state index contributed by atoms with van der Waals surface area (Å²) >= 11 is 0. The van der Waals surface area contributed by atoms with Gasteiger partial charge in [0.2, 0.25) is 0 Å². The molecule has 4 heteroatoms. The lowest BCUT2D eigenvalue weighted by molar-refractivity contribution is 0.820. The smallest absolute Gasteiger partial charge is 0.138 e. The Labute approximate surface area is 81.1 Å². The molecule has 0 fully saturated rings. The Bertz CT molecular complexity index is 401. The van der Waals surface area contributed by atoms with Crippen molar-refractivity contribution in [1.29, 1.82) is 0 Å². The van der Waals surface area contributed by atoms with Crippen molar-refractivity contribution in [2.75, 3.05) is 0 Å². The minimum Gasteiger partial charge on any atom is -0.261 e. The molecule has 3 heterocycles. The van der Waals surface area contributed by atoms with Gasteiger partial charge in [-0.15, -0.1) is 0 Å². The summed E-state index contributed by atoms with van der Waals surface area (Å²) in [6.07, 6.45) is 4.87. The second-order valence-electron chi connectivity index (χ2n) is 3.33. The summed E-state index contributed by atoms with van der Waals surface area (Å²) < 4.78 is 0. The molecular weight excluding hydrogens is 176 g/mol. The van der Waals surface area contributed by atoms with Crippen molar-refractivity contribution in [3.8, 4) is 0 Å². The van der Waals surface area contributed by atoms with Crippen LogP contribution < -0.4 is 0 Å². The molecule has 2 aromatic rings. The summed E-state index contributed by atoms with van der Waals surface area (Å²) in [5.74, 6) is 1.64. The third kappa shape index (κ3) is 1.25.